The highest BCUT2D eigenvalue weighted by molar-refractivity contribution is 5.79. The quantitative estimate of drug-likeness (QED) is 0.512. The van der Waals surface area contributed by atoms with Crippen LogP contribution >= 0.6 is 0 Å². The molecule has 18 heavy (non-hydrogen) atoms. The molecule has 106 valence electrons. The number of carboxylic acids is 1. The number of aliphatic carboxylic acids is 1. The average Bonchev–Trinajstić information content (AvgIpc) is 2.12. The van der Waals surface area contributed by atoms with Crippen LogP contribution in [0.3, 0.4) is 0 Å². The van der Waals surface area contributed by atoms with E-state index < -0.39 is 29.9 Å². The number of carbonyl (C=O) groups excluding carboxylic acids is 1. The first kappa shape index (κ1) is 16.7. The number of nitrogens with one attached hydrogen (secondary N) is 1. The summed E-state index contributed by atoms with van der Waals surface area (Å²) in [6, 6.07) is -0.987. The van der Waals surface area contributed by atoms with E-state index in [0.717, 1.165) is 0 Å². The number of carboxylic acid groups (broad SMARTS) is 1. The Kier molecular flexibility index (Phi) is 6.64. The van der Waals surface area contributed by atoms with Gasteiger partial charge in [-0.1, -0.05) is 0 Å². The summed E-state index contributed by atoms with van der Waals surface area (Å²) in [6.45, 7) is 5.11. The summed E-state index contributed by atoms with van der Waals surface area (Å²) in [5.41, 5.74) is 10.1. The van der Waals surface area contributed by atoms with Crippen LogP contribution in [-0.2, 0) is 9.53 Å². The molecule has 0 rings (SSSR count). The Morgan fingerprint density at radius 1 is 1.28 bits per heavy atom. The maximum Gasteiger partial charge on any atom is 0.408 e. The van der Waals surface area contributed by atoms with Gasteiger partial charge in [0.25, 0.3) is 0 Å². The largest absolute Gasteiger partial charge is 0.480 e. The second-order valence-electron chi connectivity index (χ2n) is 5.13. The molecule has 0 radical (unpaired) electrons. The molecule has 0 aromatic heterocycles. The Hall–Kier alpha value is -1.34. The Morgan fingerprint density at radius 2 is 1.83 bits per heavy atom. The molecule has 0 saturated carbocycles. The van der Waals surface area contributed by atoms with Gasteiger partial charge in [-0.2, -0.15) is 0 Å². The van der Waals surface area contributed by atoms with Gasteiger partial charge < -0.3 is 26.6 Å². The van der Waals surface area contributed by atoms with Gasteiger partial charge in [-0.3, -0.25) is 0 Å². The second-order valence-corrected chi connectivity index (χ2v) is 5.13. The van der Waals surface area contributed by atoms with Crippen LogP contribution in [0.25, 0.3) is 0 Å². The third kappa shape index (κ3) is 8.77. The van der Waals surface area contributed by atoms with E-state index in [1.54, 1.807) is 20.8 Å². The van der Waals surface area contributed by atoms with Crippen LogP contribution in [0.5, 0.6) is 0 Å². The minimum atomic E-state index is -1.11. The van der Waals surface area contributed by atoms with Crippen LogP contribution < -0.4 is 16.8 Å². The summed E-state index contributed by atoms with van der Waals surface area (Å²) < 4.78 is 4.98. The van der Waals surface area contributed by atoms with Gasteiger partial charge in [0.2, 0.25) is 0 Å². The summed E-state index contributed by atoms with van der Waals surface area (Å²) in [4.78, 5) is 22.4. The summed E-state index contributed by atoms with van der Waals surface area (Å²) in [7, 11) is 0. The number of nitrogens with two attached hydrogens (primary N) is 2. The van der Waals surface area contributed by atoms with E-state index in [0.29, 0.717) is 12.8 Å². The molecule has 0 fully saturated rings. The fourth-order valence-electron chi connectivity index (χ4n) is 1.26. The summed E-state index contributed by atoms with van der Waals surface area (Å²) in [5.74, 6) is -1.11. The smallest absolute Gasteiger partial charge is 0.408 e. The molecule has 0 saturated heterocycles. The third-order valence-corrected chi connectivity index (χ3v) is 2.02. The zero-order chi connectivity index (χ0) is 14.3. The number of alkyl carbamates (subject to hydrolysis) is 1. The van der Waals surface area contributed by atoms with Crippen LogP contribution in [0.1, 0.15) is 40.0 Å². The van der Waals surface area contributed by atoms with Crippen LogP contribution in [0.2, 0.25) is 0 Å². The first-order valence-corrected chi connectivity index (χ1v) is 5.85. The molecule has 0 aliphatic rings. The highest BCUT2D eigenvalue weighted by atomic mass is 16.6. The third-order valence-electron chi connectivity index (χ3n) is 2.02. The van der Waals surface area contributed by atoms with Crippen molar-refractivity contribution in [3.05, 3.63) is 0 Å². The van der Waals surface area contributed by atoms with Crippen molar-refractivity contribution in [2.24, 2.45) is 11.5 Å². The molecule has 6 N–H and O–H groups in total. The van der Waals surface area contributed by atoms with Crippen LogP contribution in [0.4, 0.5) is 4.79 Å². The maximum absolute atomic E-state index is 11.4. The summed E-state index contributed by atoms with van der Waals surface area (Å²) >= 11 is 0. The van der Waals surface area contributed by atoms with Gasteiger partial charge >= 0.3 is 12.1 Å². The van der Waals surface area contributed by atoms with Crippen molar-refractivity contribution in [2.45, 2.75) is 57.8 Å². The summed E-state index contributed by atoms with van der Waals surface area (Å²) in [6.07, 6.45) is 0.0665. The average molecular weight is 261 g/mol. The summed E-state index contributed by atoms with van der Waals surface area (Å²) in [5, 5.41) is 11.3. The molecule has 0 aromatic rings. The molecule has 0 aromatic carbocycles. The lowest BCUT2D eigenvalue weighted by Gasteiger charge is -2.22. The van der Waals surface area contributed by atoms with Crippen molar-refractivity contribution in [3.8, 4) is 0 Å². The zero-order valence-corrected chi connectivity index (χ0v) is 11.1. The molecule has 1 atom stereocenters. The number of rotatable bonds is 6. The highest BCUT2D eigenvalue weighted by Crippen LogP contribution is 2.08. The molecule has 7 nitrogen and oxygen atoms in total. The Bertz CT molecular complexity index is 287. The topological polar surface area (TPSA) is 128 Å². The van der Waals surface area contributed by atoms with Crippen molar-refractivity contribution in [1.82, 2.24) is 5.32 Å². The van der Waals surface area contributed by atoms with Gasteiger partial charge in [0.1, 0.15) is 11.6 Å². The number of hydrogen-bond acceptors (Lipinski definition) is 5. The highest BCUT2D eigenvalue weighted by Gasteiger charge is 2.23. The first-order chi connectivity index (χ1) is 8.11. The van der Waals surface area contributed by atoms with E-state index in [2.05, 4.69) is 5.32 Å². The standard InChI is InChI=1S/C11H23N3O4/c1-11(2,3)18-10(17)14-7(9(15)16)5-4-6-8(12)13/h7-8H,4-6,12-13H2,1-3H3,(H,14,17)(H,15,16)/t7-/m0/s1. The molecular formula is C11H23N3O4. The number of carbonyl (C=O) groups is 2. The Morgan fingerprint density at radius 3 is 2.22 bits per heavy atom. The van der Waals surface area contributed by atoms with Gasteiger partial charge in [0.05, 0.1) is 6.17 Å². The van der Waals surface area contributed by atoms with Gasteiger partial charge in [-0.25, -0.2) is 9.59 Å². The van der Waals surface area contributed by atoms with Gasteiger partial charge in [-0.15, -0.1) is 0 Å². The van der Waals surface area contributed by atoms with Crippen molar-refractivity contribution in [3.63, 3.8) is 0 Å². The van der Waals surface area contributed by atoms with Crippen molar-refractivity contribution in [1.29, 1.82) is 0 Å². The number of ether oxygens (including phenoxy) is 1. The van der Waals surface area contributed by atoms with Gasteiger partial charge in [0.15, 0.2) is 0 Å². The molecule has 0 bridgehead atoms. The molecule has 0 heterocycles. The van der Waals surface area contributed by atoms with E-state index in [1.807, 2.05) is 0 Å². The van der Waals surface area contributed by atoms with E-state index in [1.165, 1.54) is 0 Å². The lowest BCUT2D eigenvalue weighted by molar-refractivity contribution is -0.139. The monoisotopic (exact) mass is 261 g/mol. The lowest BCUT2D eigenvalue weighted by atomic mass is 10.1. The normalized spacial score (nSPS) is 13.2. The predicted molar refractivity (Wildman–Crippen MR) is 66.8 cm³/mol. The van der Waals surface area contributed by atoms with Gasteiger partial charge in [0, 0.05) is 0 Å². The van der Waals surface area contributed by atoms with Crippen molar-refractivity contribution >= 4 is 12.1 Å². The minimum Gasteiger partial charge on any atom is -0.480 e. The predicted octanol–water partition coefficient (Wildman–Crippen LogP) is 0.378. The fourth-order valence-corrected chi connectivity index (χ4v) is 1.26. The molecule has 0 aliphatic heterocycles. The Balaban J connectivity index is 4.19. The lowest BCUT2D eigenvalue weighted by Crippen LogP contribution is -2.43. The maximum atomic E-state index is 11.4. The number of amides is 1. The van der Waals surface area contributed by atoms with Crippen LogP contribution in [0.15, 0.2) is 0 Å². The van der Waals surface area contributed by atoms with Crippen molar-refractivity contribution < 1.29 is 19.4 Å². The van der Waals surface area contributed by atoms with Gasteiger partial charge in [-0.05, 0) is 40.0 Å². The second kappa shape index (κ2) is 7.17. The van der Waals surface area contributed by atoms with Crippen LogP contribution in [0, 0.1) is 0 Å². The molecule has 0 spiro atoms. The molecule has 0 unspecified atom stereocenters. The zero-order valence-electron chi connectivity index (χ0n) is 11.1. The van der Waals surface area contributed by atoms with E-state index in [4.69, 9.17) is 21.3 Å². The van der Waals surface area contributed by atoms with E-state index >= 15 is 0 Å². The SMILES string of the molecule is CC(C)(C)OC(=O)N[C@@H](CCCC(N)N)C(=O)O. The molecule has 1 amide bonds. The molecule has 7 heteroatoms. The minimum absolute atomic E-state index is 0.263. The van der Waals surface area contributed by atoms with Crippen LogP contribution in [-0.4, -0.2) is 35.0 Å². The Labute approximate surface area is 107 Å². The molecular weight excluding hydrogens is 238 g/mol. The van der Waals surface area contributed by atoms with Crippen molar-refractivity contribution in [2.75, 3.05) is 0 Å². The first-order valence-electron chi connectivity index (χ1n) is 5.85. The molecule has 0 aliphatic carbocycles. The van der Waals surface area contributed by atoms with E-state index in [9.17, 15) is 9.59 Å². The number of hydrogen-bond donors (Lipinski definition) is 4. The van der Waals surface area contributed by atoms with E-state index in [-0.39, 0.29) is 6.42 Å². The fraction of sp³-hybridized carbons (Fsp3) is 0.818.